The van der Waals surface area contributed by atoms with Gasteiger partial charge >= 0.3 is 5.97 Å². The Morgan fingerprint density at radius 2 is 2.10 bits per heavy atom. The molecule has 1 aromatic carbocycles. The lowest BCUT2D eigenvalue weighted by Crippen LogP contribution is -2.30. The maximum absolute atomic E-state index is 12.3. The number of hydrogen-bond donors (Lipinski definition) is 3. The summed E-state index contributed by atoms with van der Waals surface area (Å²) in [6, 6.07) is 3.83. The first kappa shape index (κ1) is 18.1. The third-order valence-corrected chi connectivity index (χ3v) is 5.56. The Morgan fingerprint density at radius 1 is 1.43 bits per heavy atom. The van der Waals surface area contributed by atoms with Gasteiger partial charge in [-0.3, -0.25) is 0 Å². The topological polar surface area (TPSA) is 104 Å². The van der Waals surface area contributed by atoms with Crippen LogP contribution in [0.1, 0.15) is 30.1 Å². The van der Waals surface area contributed by atoms with E-state index in [9.17, 15) is 13.2 Å². The molecular weight excluding hydrogens is 362 g/mol. The van der Waals surface area contributed by atoms with E-state index >= 15 is 0 Å². The van der Waals surface area contributed by atoms with Crippen molar-refractivity contribution in [2.75, 3.05) is 13.2 Å². The lowest BCUT2D eigenvalue weighted by atomic mass is 10.0. The van der Waals surface area contributed by atoms with Crippen LogP contribution in [0.5, 0.6) is 0 Å². The molecule has 0 radical (unpaired) electrons. The number of hydrogen-bond acceptors (Lipinski definition) is 4. The van der Waals surface area contributed by atoms with Crippen LogP contribution in [0.25, 0.3) is 0 Å². The van der Waals surface area contributed by atoms with Gasteiger partial charge in [-0.2, -0.15) is 0 Å². The number of benzene rings is 1. The van der Waals surface area contributed by atoms with Crippen molar-refractivity contribution in [1.29, 1.82) is 0 Å². The van der Waals surface area contributed by atoms with E-state index in [4.69, 9.17) is 10.2 Å². The van der Waals surface area contributed by atoms with Gasteiger partial charge in [0.15, 0.2) is 0 Å². The van der Waals surface area contributed by atoms with Crippen LogP contribution < -0.4 is 4.72 Å². The monoisotopic (exact) mass is 379 g/mol. The van der Waals surface area contributed by atoms with E-state index in [1.807, 2.05) is 6.92 Å². The first-order valence-corrected chi connectivity index (χ1v) is 8.72. The van der Waals surface area contributed by atoms with E-state index in [1.165, 1.54) is 12.1 Å². The fourth-order valence-corrected chi connectivity index (χ4v) is 3.88. The minimum absolute atomic E-state index is 0.00156. The van der Waals surface area contributed by atoms with E-state index < -0.39 is 16.0 Å². The summed E-state index contributed by atoms with van der Waals surface area (Å²) >= 11 is 3.12. The van der Waals surface area contributed by atoms with Crippen molar-refractivity contribution in [3.8, 4) is 0 Å². The smallest absolute Gasteiger partial charge is 0.335 e. The maximum Gasteiger partial charge on any atom is 0.335 e. The molecule has 0 saturated heterocycles. The Bertz CT molecular complexity index is 603. The quantitative estimate of drug-likeness (QED) is 0.639. The molecule has 1 rings (SSSR count). The summed E-state index contributed by atoms with van der Waals surface area (Å²) < 4.78 is 27.3. The molecule has 0 fully saturated rings. The Morgan fingerprint density at radius 3 is 2.62 bits per heavy atom. The number of sulfonamides is 1. The molecule has 1 aromatic rings. The van der Waals surface area contributed by atoms with Crippen LogP contribution >= 0.6 is 15.9 Å². The predicted molar refractivity (Wildman–Crippen MR) is 81.8 cm³/mol. The average molecular weight is 380 g/mol. The van der Waals surface area contributed by atoms with Crippen molar-refractivity contribution < 1.29 is 23.4 Å². The fraction of sp³-hybridized carbons (Fsp3) is 0.462. The van der Waals surface area contributed by atoms with Gasteiger partial charge < -0.3 is 10.2 Å². The molecule has 0 aliphatic rings. The highest BCUT2D eigenvalue weighted by Gasteiger charge is 2.20. The summed E-state index contributed by atoms with van der Waals surface area (Å²) in [4.78, 5) is 10.8. The van der Waals surface area contributed by atoms with Gasteiger partial charge in [0, 0.05) is 17.6 Å². The maximum atomic E-state index is 12.3. The summed E-state index contributed by atoms with van der Waals surface area (Å²) in [5.41, 5.74) is -0.0963. The van der Waals surface area contributed by atoms with E-state index in [0.717, 1.165) is 12.5 Å². The first-order valence-electron chi connectivity index (χ1n) is 6.45. The third-order valence-electron chi connectivity index (χ3n) is 3.14. The predicted octanol–water partition coefficient (Wildman–Crippen LogP) is 1.83. The summed E-state index contributed by atoms with van der Waals surface area (Å²) in [7, 11) is -3.81. The van der Waals surface area contributed by atoms with Crippen LogP contribution in [0.3, 0.4) is 0 Å². The van der Waals surface area contributed by atoms with Crippen molar-refractivity contribution in [2.24, 2.45) is 5.92 Å². The normalized spacial score (nSPS) is 13.1. The molecule has 8 heteroatoms. The van der Waals surface area contributed by atoms with Crippen molar-refractivity contribution in [2.45, 2.75) is 24.7 Å². The Hall–Kier alpha value is -0.960. The lowest BCUT2D eigenvalue weighted by Gasteiger charge is -2.15. The van der Waals surface area contributed by atoms with Gasteiger partial charge in [0.05, 0.1) is 10.5 Å². The van der Waals surface area contributed by atoms with Gasteiger partial charge in [0.1, 0.15) is 0 Å². The van der Waals surface area contributed by atoms with Gasteiger partial charge in [0.25, 0.3) is 0 Å². The summed E-state index contributed by atoms with van der Waals surface area (Å²) in [6.45, 7) is 2.11. The third kappa shape index (κ3) is 5.06. The molecule has 0 aromatic heterocycles. The lowest BCUT2D eigenvalue weighted by molar-refractivity contribution is 0.0696. The second kappa shape index (κ2) is 7.88. The molecule has 0 saturated carbocycles. The van der Waals surface area contributed by atoms with Crippen LogP contribution in [0.15, 0.2) is 27.6 Å². The summed E-state index contributed by atoms with van der Waals surface area (Å²) in [5, 5.41) is 17.8. The van der Waals surface area contributed by atoms with Crippen molar-refractivity contribution in [3.63, 3.8) is 0 Å². The minimum Gasteiger partial charge on any atom is -0.478 e. The molecule has 1 atom stereocenters. The van der Waals surface area contributed by atoms with Crippen LogP contribution in [0.2, 0.25) is 0 Å². The number of rotatable bonds is 8. The number of carbonyl (C=O) groups is 1. The van der Waals surface area contributed by atoms with E-state index in [2.05, 4.69) is 20.7 Å². The number of aliphatic hydroxyl groups excluding tert-OH is 1. The average Bonchev–Trinajstić information content (AvgIpc) is 2.43. The van der Waals surface area contributed by atoms with Gasteiger partial charge in [-0.25, -0.2) is 17.9 Å². The molecule has 118 valence electrons. The van der Waals surface area contributed by atoms with E-state index in [0.29, 0.717) is 10.9 Å². The number of carboxylic acids is 1. The highest BCUT2D eigenvalue weighted by atomic mass is 79.9. The molecule has 3 N–H and O–H groups in total. The van der Waals surface area contributed by atoms with Gasteiger partial charge in [-0.1, -0.05) is 13.3 Å². The Kier molecular flexibility index (Phi) is 6.79. The van der Waals surface area contributed by atoms with Crippen LogP contribution in [-0.4, -0.2) is 37.8 Å². The molecule has 0 aliphatic carbocycles. The molecule has 0 amide bonds. The number of aliphatic hydroxyl groups is 1. The molecule has 0 spiro atoms. The van der Waals surface area contributed by atoms with Gasteiger partial charge in [-0.05, 0) is 46.5 Å². The van der Waals surface area contributed by atoms with E-state index in [-0.39, 0.29) is 29.5 Å². The number of halogens is 1. The summed E-state index contributed by atoms with van der Waals surface area (Å²) in [5.74, 6) is -1.16. The largest absolute Gasteiger partial charge is 0.478 e. The second-order valence-corrected chi connectivity index (χ2v) is 7.18. The Balaban J connectivity index is 2.97. The van der Waals surface area contributed by atoms with Crippen molar-refractivity contribution in [3.05, 3.63) is 28.2 Å². The Labute approximate surface area is 132 Å². The van der Waals surface area contributed by atoms with Gasteiger partial charge in [-0.15, -0.1) is 0 Å². The zero-order valence-electron chi connectivity index (χ0n) is 11.5. The van der Waals surface area contributed by atoms with Crippen LogP contribution in [0, 0.1) is 5.92 Å². The zero-order chi connectivity index (χ0) is 16.0. The molecule has 0 aliphatic heterocycles. The molecule has 0 bridgehead atoms. The van der Waals surface area contributed by atoms with Crippen LogP contribution in [0.4, 0.5) is 0 Å². The van der Waals surface area contributed by atoms with Gasteiger partial charge in [0.2, 0.25) is 10.0 Å². The highest BCUT2D eigenvalue weighted by Crippen LogP contribution is 2.23. The molecule has 1 unspecified atom stereocenters. The first-order chi connectivity index (χ1) is 9.81. The summed E-state index contributed by atoms with van der Waals surface area (Å²) in [6.07, 6.45) is 1.24. The van der Waals surface area contributed by atoms with E-state index in [1.54, 1.807) is 0 Å². The van der Waals surface area contributed by atoms with Crippen molar-refractivity contribution in [1.82, 2.24) is 4.72 Å². The number of carboxylic acid groups (broad SMARTS) is 1. The molecule has 21 heavy (non-hydrogen) atoms. The fourth-order valence-electron chi connectivity index (χ4n) is 1.78. The minimum atomic E-state index is -3.81. The number of nitrogens with one attached hydrogen (secondary N) is 1. The number of aromatic carboxylic acids is 1. The van der Waals surface area contributed by atoms with Crippen molar-refractivity contribution >= 4 is 31.9 Å². The molecular formula is C13H18BrNO5S. The SMILES string of the molecule is CCC(CCO)CNS(=O)(=O)c1cc(C(=O)O)ccc1Br. The standard InChI is InChI=1S/C13H18BrNO5S/c1-2-9(5-6-16)8-15-21(19,20)12-7-10(13(17)18)3-4-11(12)14/h3-4,7,9,15-16H,2,5-6,8H2,1H3,(H,17,18). The second-order valence-electron chi connectivity index (χ2n) is 4.59. The van der Waals surface area contributed by atoms with Crippen LogP contribution in [-0.2, 0) is 10.0 Å². The molecule has 6 nitrogen and oxygen atoms in total. The zero-order valence-corrected chi connectivity index (χ0v) is 13.9. The molecule has 0 heterocycles. The highest BCUT2D eigenvalue weighted by molar-refractivity contribution is 9.10.